The summed E-state index contributed by atoms with van der Waals surface area (Å²) < 4.78 is 0. The minimum Gasteiger partial charge on any atom is -0.480 e. The van der Waals surface area contributed by atoms with Crippen LogP contribution in [0, 0.1) is 35.5 Å². The lowest BCUT2D eigenvalue weighted by atomic mass is 9.68. The second-order valence-electron chi connectivity index (χ2n) is 12.4. The molecule has 2 aliphatic carbocycles. The van der Waals surface area contributed by atoms with Gasteiger partial charge < -0.3 is 10.1 Å². The molecule has 0 spiro atoms. The summed E-state index contributed by atoms with van der Waals surface area (Å²) in [6.45, 7) is 10.0. The first kappa shape index (κ1) is 24.9. The zero-order valence-electron chi connectivity index (χ0n) is 21.6. The first-order chi connectivity index (χ1) is 17.4. The molecular weight excluding hydrogens is 508 g/mol. The van der Waals surface area contributed by atoms with E-state index in [1.165, 1.54) is 16.9 Å². The predicted octanol–water partition coefficient (Wildman–Crippen LogP) is 4.32. The van der Waals surface area contributed by atoms with Gasteiger partial charge in [0, 0.05) is 16.0 Å². The number of hydrogen-bond donors (Lipinski definition) is 2. The van der Waals surface area contributed by atoms with Gasteiger partial charge in [-0.3, -0.25) is 19.3 Å². The maximum atomic E-state index is 13.7. The Kier molecular flexibility index (Phi) is 5.59. The van der Waals surface area contributed by atoms with E-state index in [1.54, 1.807) is 25.6 Å². The summed E-state index contributed by atoms with van der Waals surface area (Å²) in [7, 11) is 0. The Labute approximate surface area is 224 Å². The van der Waals surface area contributed by atoms with Gasteiger partial charge in [-0.05, 0) is 46.6 Å². The number of carboxylic acids is 1. The van der Waals surface area contributed by atoms with Gasteiger partial charge in [-0.1, -0.05) is 70.2 Å². The van der Waals surface area contributed by atoms with E-state index in [1.807, 2.05) is 0 Å². The van der Waals surface area contributed by atoms with Gasteiger partial charge in [-0.2, -0.15) is 0 Å². The fourth-order valence-electron chi connectivity index (χ4n) is 7.57. The summed E-state index contributed by atoms with van der Waals surface area (Å²) in [6.07, 6.45) is 0.790. The van der Waals surface area contributed by atoms with Crippen LogP contribution < -0.4 is 4.87 Å². The average molecular weight is 541 g/mol. The minimum absolute atomic E-state index is 0.0130. The molecule has 1 aromatic carbocycles. The fourth-order valence-corrected chi connectivity index (χ4v) is 10.5. The van der Waals surface area contributed by atoms with Gasteiger partial charge in [0.1, 0.15) is 6.04 Å². The number of thioether (sulfide) groups is 1. The van der Waals surface area contributed by atoms with Crippen LogP contribution in [0.4, 0.5) is 0 Å². The van der Waals surface area contributed by atoms with Gasteiger partial charge in [-0.25, -0.2) is 4.79 Å². The summed E-state index contributed by atoms with van der Waals surface area (Å²) in [5, 5.41) is 10.8. The Morgan fingerprint density at radius 2 is 1.68 bits per heavy atom. The summed E-state index contributed by atoms with van der Waals surface area (Å²) in [6, 6.07) is 7.48. The van der Waals surface area contributed by atoms with Crippen LogP contribution in [0.15, 0.2) is 34.1 Å². The number of hydrogen-bond acceptors (Lipinski definition) is 6. The van der Waals surface area contributed by atoms with Crippen molar-refractivity contribution < 1.29 is 19.5 Å². The number of imide groups is 1. The van der Waals surface area contributed by atoms with Crippen LogP contribution >= 0.6 is 23.1 Å². The van der Waals surface area contributed by atoms with Crippen LogP contribution in [0.3, 0.4) is 0 Å². The molecule has 6 rings (SSSR count). The number of nitrogens with one attached hydrogen (secondary N) is 1. The van der Waals surface area contributed by atoms with Crippen molar-refractivity contribution in [2.24, 2.45) is 35.5 Å². The van der Waals surface area contributed by atoms with E-state index in [4.69, 9.17) is 0 Å². The highest BCUT2D eigenvalue weighted by Crippen LogP contribution is 2.68. The molecule has 0 unspecified atom stereocenters. The van der Waals surface area contributed by atoms with Gasteiger partial charge in [0.2, 0.25) is 11.8 Å². The lowest BCUT2D eigenvalue weighted by molar-refractivity contribution is -0.157. The molecule has 2 amide bonds. The average Bonchev–Trinajstić information content (AvgIpc) is 3.53. The molecule has 1 aromatic heterocycles. The predicted molar refractivity (Wildman–Crippen MR) is 142 cm³/mol. The van der Waals surface area contributed by atoms with E-state index in [-0.39, 0.29) is 56.9 Å². The third-order valence-corrected chi connectivity index (χ3v) is 11.6. The quantitative estimate of drug-likeness (QED) is 0.560. The molecule has 1 saturated heterocycles. The number of thiazole rings is 1. The van der Waals surface area contributed by atoms with Crippen LogP contribution in [0.5, 0.6) is 0 Å². The van der Waals surface area contributed by atoms with Crippen molar-refractivity contribution in [1.82, 2.24) is 9.88 Å². The second kappa shape index (κ2) is 8.30. The number of carbonyl (C=O) groups is 3. The Morgan fingerprint density at radius 1 is 1.05 bits per heavy atom. The summed E-state index contributed by atoms with van der Waals surface area (Å²) in [5.41, 5.74) is 2.38. The number of likely N-dealkylation sites (tertiary alicyclic amines) is 1. The third kappa shape index (κ3) is 3.52. The van der Waals surface area contributed by atoms with Crippen molar-refractivity contribution in [3.8, 4) is 0 Å². The van der Waals surface area contributed by atoms with E-state index in [2.05, 4.69) is 50.0 Å². The maximum Gasteiger partial charge on any atom is 0.327 e. The van der Waals surface area contributed by atoms with Crippen LogP contribution in [-0.4, -0.2) is 44.1 Å². The largest absolute Gasteiger partial charge is 0.480 e. The Hall–Kier alpha value is -2.39. The normalized spacial score (nSPS) is 33.0. The molecule has 3 fully saturated rings. The van der Waals surface area contributed by atoms with Gasteiger partial charge in [-0.15, -0.1) is 11.8 Å². The number of amides is 2. The Bertz CT molecular complexity index is 1350. The number of fused-ring (bicyclic) bond motifs is 9. The first-order valence-electron chi connectivity index (χ1n) is 13.0. The standard InChI is InChI=1S/C28H32N2O5S2/c1-11(2)20(26(33)34)30-24(31)18-14-10-15(19(18)25(30)32)21-17(14)16(22-23(36-21)29-27(35)37-22)12-6-8-13(9-7-12)28(3,4)5/h6-9,11,14-21H,10H2,1-5H3,(H,29,35)(H,33,34)/t14-,15+,16+,17+,18+,19+,20-,21-/m1/s1. The highest BCUT2D eigenvalue weighted by molar-refractivity contribution is 8.00. The second-order valence-corrected chi connectivity index (χ2v) is 14.6. The van der Waals surface area contributed by atoms with Crippen LogP contribution in [0.2, 0.25) is 0 Å². The van der Waals surface area contributed by atoms with Crippen LogP contribution in [0.1, 0.15) is 63.0 Å². The van der Waals surface area contributed by atoms with Crippen molar-refractivity contribution in [1.29, 1.82) is 0 Å². The van der Waals surface area contributed by atoms with Crippen molar-refractivity contribution in [2.75, 3.05) is 0 Å². The van der Waals surface area contributed by atoms with Crippen molar-refractivity contribution in [2.45, 2.75) is 68.7 Å². The zero-order valence-corrected chi connectivity index (χ0v) is 23.2. The van der Waals surface area contributed by atoms with E-state index in [9.17, 15) is 24.3 Å². The van der Waals surface area contributed by atoms with Gasteiger partial charge >= 0.3 is 10.8 Å². The molecule has 0 radical (unpaired) electrons. The van der Waals surface area contributed by atoms with E-state index < -0.39 is 23.8 Å². The number of aromatic nitrogens is 1. The monoisotopic (exact) mass is 540 g/mol. The summed E-state index contributed by atoms with van der Waals surface area (Å²) in [4.78, 5) is 56.9. The maximum absolute atomic E-state index is 13.7. The van der Waals surface area contributed by atoms with Crippen molar-refractivity contribution in [3.63, 3.8) is 0 Å². The van der Waals surface area contributed by atoms with E-state index in [0.29, 0.717) is 0 Å². The molecule has 9 heteroatoms. The molecule has 2 saturated carbocycles. The zero-order chi connectivity index (χ0) is 26.5. The highest BCUT2D eigenvalue weighted by atomic mass is 32.2. The molecule has 2 aliphatic heterocycles. The number of nitrogens with zero attached hydrogens (tertiary/aromatic N) is 1. The van der Waals surface area contributed by atoms with Crippen LogP contribution in [0.25, 0.3) is 0 Å². The number of H-pyrrole nitrogens is 1. The molecule has 2 aromatic rings. The molecule has 8 atom stereocenters. The summed E-state index contributed by atoms with van der Waals surface area (Å²) in [5.74, 6) is -3.05. The minimum atomic E-state index is -1.14. The topological polar surface area (TPSA) is 108 Å². The fraction of sp³-hybridized carbons (Fsp3) is 0.571. The number of carboxylic acid groups (broad SMARTS) is 1. The molecule has 196 valence electrons. The highest BCUT2D eigenvalue weighted by Gasteiger charge is 2.70. The van der Waals surface area contributed by atoms with Crippen LogP contribution in [-0.2, 0) is 19.8 Å². The van der Waals surface area contributed by atoms with Crippen molar-refractivity contribution in [3.05, 3.63) is 49.9 Å². The van der Waals surface area contributed by atoms with E-state index >= 15 is 0 Å². The molecule has 3 heterocycles. The lowest BCUT2D eigenvalue weighted by Crippen LogP contribution is -2.49. The SMILES string of the molecule is CC(C)[C@H](C(=O)O)N1C(=O)[C@H]2[C@@H]3C[C@@H]([C@@H]2C1=O)[C@H]1[C@H](c2ccc(C(C)(C)C)cc2)c2sc(=O)[nH]c2S[C@H]31. The number of benzene rings is 1. The lowest BCUT2D eigenvalue weighted by Gasteiger charge is -2.43. The number of rotatable bonds is 4. The van der Waals surface area contributed by atoms with Gasteiger partial charge in [0.15, 0.2) is 0 Å². The number of aromatic amines is 1. The Balaban J connectivity index is 1.42. The van der Waals surface area contributed by atoms with Crippen molar-refractivity contribution >= 4 is 40.9 Å². The smallest absolute Gasteiger partial charge is 0.327 e. The first-order valence-corrected chi connectivity index (χ1v) is 14.7. The molecule has 37 heavy (non-hydrogen) atoms. The number of aliphatic carboxylic acids is 1. The van der Waals surface area contributed by atoms with Gasteiger partial charge in [0.05, 0.1) is 16.9 Å². The van der Waals surface area contributed by atoms with Gasteiger partial charge in [0.25, 0.3) is 0 Å². The summed E-state index contributed by atoms with van der Waals surface area (Å²) >= 11 is 2.90. The molecule has 2 N–H and O–H groups in total. The third-order valence-electron chi connectivity index (χ3n) is 9.06. The molecule has 7 nitrogen and oxygen atoms in total. The van der Waals surface area contributed by atoms with E-state index in [0.717, 1.165) is 26.8 Å². The Morgan fingerprint density at radius 3 is 2.24 bits per heavy atom. The molecule has 4 aliphatic rings. The molecule has 2 bridgehead atoms. The number of carbonyl (C=O) groups excluding carboxylic acids is 2. The molecular formula is C28H32N2O5S2.